The van der Waals surface area contributed by atoms with Gasteiger partial charge in [0.05, 0.1) is 17.7 Å². The molecule has 0 aliphatic rings. The molecule has 4 rings (SSSR count). The van der Waals surface area contributed by atoms with Crippen LogP contribution in [0.5, 0.6) is 5.75 Å². The van der Waals surface area contributed by atoms with E-state index in [0.29, 0.717) is 17.2 Å². The molecule has 0 aliphatic carbocycles. The molecule has 0 bridgehead atoms. The maximum atomic E-state index is 13.2. The van der Waals surface area contributed by atoms with Crippen molar-refractivity contribution >= 4 is 38.3 Å². The quantitative estimate of drug-likeness (QED) is 0.376. The van der Waals surface area contributed by atoms with Crippen LogP contribution in [0.1, 0.15) is 29.5 Å². The highest BCUT2D eigenvalue weighted by molar-refractivity contribution is 7.91. The summed E-state index contributed by atoms with van der Waals surface area (Å²) >= 11 is 6.05. The van der Waals surface area contributed by atoms with E-state index in [1.165, 1.54) is 18.2 Å². The number of carbonyl (C=O) groups excluding carboxylic acids is 1. The van der Waals surface area contributed by atoms with Gasteiger partial charge in [0, 0.05) is 23.2 Å². The van der Waals surface area contributed by atoms with Crippen LogP contribution in [0.3, 0.4) is 0 Å². The molecule has 0 aliphatic heterocycles. The second-order valence-corrected chi connectivity index (χ2v) is 9.65. The largest absolute Gasteiger partial charge is 0.492 e. The number of furan rings is 1. The minimum absolute atomic E-state index is 0.0175. The first-order valence-electron chi connectivity index (χ1n) is 10.3. The smallest absolute Gasteiger partial charge is 0.287 e. The van der Waals surface area contributed by atoms with Gasteiger partial charge < -0.3 is 14.5 Å². The van der Waals surface area contributed by atoms with Gasteiger partial charge in [-0.15, -0.1) is 0 Å². The molecule has 33 heavy (non-hydrogen) atoms. The first kappa shape index (κ1) is 22.8. The van der Waals surface area contributed by atoms with Gasteiger partial charge in [0.25, 0.3) is 5.91 Å². The fourth-order valence-electron chi connectivity index (χ4n) is 3.20. The van der Waals surface area contributed by atoms with E-state index < -0.39 is 9.84 Å². The van der Waals surface area contributed by atoms with Gasteiger partial charge in [-0.05, 0) is 54.4 Å². The van der Waals surface area contributed by atoms with Crippen molar-refractivity contribution in [2.45, 2.75) is 29.7 Å². The molecule has 0 saturated heterocycles. The van der Waals surface area contributed by atoms with Crippen molar-refractivity contribution < 1.29 is 22.4 Å². The third-order valence-electron chi connectivity index (χ3n) is 4.89. The molecule has 2 aromatic heterocycles. The van der Waals surface area contributed by atoms with Gasteiger partial charge in [-0.3, -0.25) is 9.78 Å². The second-order valence-electron chi connectivity index (χ2n) is 7.29. The monoisotopic (exact) mass is 484 g/mol. The van der Waals surface area contributed by atoms with Gasteiger partial charge in [-0.1, -0.05) is 30.7 Å². The number of nitrogens with one attached hydrogen (secondary N) is 1. The van der Waals surface area contributed by atoms with Crippen LogP contribution >= 0.6 is 11.6 Å². The lowest BCUT2D eigenvalue weighted by Crippen LogP contribution is -2.22. The number of sulfone groups is 1. The van der Waals surface area contributed by atoms with E-state index in [0.717, 1.165) is 17.4 Å². The number of rotatable bonds is 8. The molecule has 0 fully saturated rings. The molecule has 0 saturated carbocycles. The van der Waals surface area contributed by atoms with Crippen molar-refractivity contribution in [2.75, 3.05) is 6.61 Å². The van der Waals surface area contributed by atoms with Gasteiger partial charge in [-0.25, -0.2) is 8.42 Å². The van der Waals surface area contributed by atoms with Crippen LogP contribution in [0.15, 0.2) is 81.2 Å². The number of nitrogens with zero attached hydrogens (tertiary/aromatic N) is 1. The zero-order valence-corrected chi connectivity index (χ0v) is 19.3. The molecule has 2 aromatic carbocycles. The number of halogens is 1. The first-order chi connectivity index (χ1) is 15.9. The summed E-state index contributed by atoms with van der Waals surface area (Å²) in [5.41, 5.74) is 1.26. The van der Waals surface area contributed by atoms with Crippen molar-refractivity contribution in [1.82, 2.24) is 10.3 Å². The second kappa shape index (κ2) is 9.64. The van der Waals surface area contributed by atoms with Crippen LogP contribution < -0.4 is 10.1 Å². The average molecular weight is 485 g/mol. The molecule has 0 atom stereocenters. The number of aromatic nitrogens is 1. The number of fused-ring (bicyclic) bond motifs is 1. The molecule has 0 radical (unpaired) electrons. The number of ether oxygens (including phenoxy) is 1. The highest BCUT2D eigenvalue weighted by Gasteiger charge is 2.23. The summed E-state index contributed by atoms with van der Waals surface area (Å²) in [4.78, 5) is 16.5. The van der Waals surface area contributed by atoms with E-state index in [4.69, 9.17) is 20.8 Å². The zero-order chi connectivity index (χ0) is 23.4. The lowest BCUT2D eigenvalue weighted by molar-refractivity contribution is 0.0925. The van der Waals surface area contributed by atoms with Gasteiger partial charge >= 0.3 is 0 Å². The predicted molar refractivity (Wildman–Crippen MR) is 124 cm³/mol. The van der Waals surface area contributed by atoms with Crippen molar-refractivity contribution in [2.24, 2.45) is 0 Å². The number of benzene rings is 2. The summed E-state index contributed by atoms with van der Waals surface area (Å²) in [5.74, 6) is 0.0657. The maximum Gasteiger partial charge on any atom is 0.287 e. The van der Waals surface area contributed by atoms with Crippen molar-refractivity contribution in [1.29, 1.82) is 0 Å². The number of hydrogen-bond acceptors (Lipinski definition) is 6. The molecule has 0 unspecified atom stereocenters. The lowest BCUT2D eigenvalue weighted by Gasteiger charge is -2.12. The van der Waals surface area contributed by atoms with E-state index in [1.54, 1.807) is 48.8 Å². The lowest BCUT2D eigenvalue weighted by atomic mass is 10.2. The van der Waals surface area contributed by atoms with E-state index in [1.807, 2.05) is 6.92 Å². The predicted octanol–water partition coefficient (Wildman–Crippen LogP) is 5.03. The van der Waals surface area contributed by atoms with Crippen LogP contribution in [0.25, 0.3) is 11.0 Å². The number of carbonyl (C=O) groups is 1. The summed E-state index contributed by atoms with van der Waals surface area (Å²) in [6.45, 7) is 2.54. The van der Waals surface area contributed by atoms with E-state index in [-0.39, 0.29) is 33.8 Å². The Morgan fingerprint density at radius 1 is 1.12 bits per heavy atom. The summed E-state index contributed by atoms with van der Waals surface area (Å²) in [5, 5.41) is 3.85. The molecule has 4 aromatic rings. The maximum absolute atomic E-state index is 13.2. The van der Waals surface area contributed by atoms with Gasteiger partial charge in [0.1, 0.15) is 10.6 Å². The van der Waals surface area contributed by atoms with Gasteiger partial charge in [-0.2, -0.15) is 0 Å². The van der Waals surface area contributed by atoms with Gasteiger partial charge in [0.2, 0.25) is 9.84 Å². The average Bonchev–Trinajstić information content (AvgIpc) is 3.26. The van der Waals surface area contributed by atoms with Crippen LogP contribution in [-0.2, 0) is 16.4 Å². The van der Waals surface area contributed by atoms with Crippen molar-refractivity contribution in [3.05, 3.63) is 83.3 Å². The van der Waals surface area contributed by atoms with E-state index >= 15 is 0 Å². The van der Waals surface area contributed by atoms with Crippen LogP contribution in [0.2, 0.25) is 5.02 Å². The molecule has 0 spiro atoms. The SMILES string of the molecule is CCCOc1ccc(Cl)cc1S(=O)(=O)c1ccc(CNC(=O)c2cc3ccncc3o2)cc1. The standard InChI is InChI=1S/C24H21ClN2O5S/c1-2-11-31-20-8-5-18(25)13-23(20)33(29,30)19-6-3-16(4-7-19)14-27-24(28)21-12-17-9-10-26-15-22(17)32-21/h3-10,12-13,15H,2,11,14H2,1H3,(H,27,28). The fraction of sp³-hybridized carbons (Fsp3) is 0.167. The van der Waals surface area contributed by atoms with Gasteiger partial charge in [0.15, 0.2) is 11.3 Å². The Hall–Kier alpha value is -3.36. The Labute approximate surface area is 196 Å². The summed E-state index contributed by atoms with van der Waals surface area (Å²) in [6, 6.07) is 14.2. The van der Waals surface area contributed by atoms with Crippen LogP contribution in [0, 0.1) is 0 Å². The normalized spacial score (nSPS) is 11.5. The molecular weight excluding hydrogens is 464 g/mol. The highest BCUT2D eigenvalue weighted by Crippen LogP contribution is 2.32. The third kappa shape index (κ3) is 5.02. The van der Waals surface area contributed by atoms with Crippen molar-refractivity contribution in [3.8, 4) is 5.75 Å². The minimum Gasteiger partial charge on any atom is -0.492 e. The number of pyridine rings is 1. The minimum atomic E-state index is -3.85. The van der Waals surface area contributed by atoms with E-state index in [2.05, 4.69) is 10.3 Å². The number of amides is 1. The summed E-state index contributed by atoms with van der Waals surface area (Å²) in [6.07, 6.45) is 3.91. The molecular formula is C24H21ClN2O5S. The molecule has 2 heterocycles. The Bertz CT molecular complexity index is 1370. The number of hydrogen-bond donors (Lipinski definition) is 1. The fourth-order valence-corrected chi connectivity index (χ4v) is 4.86. The third-order valence-corrected chi connectivity index (χ3v) is 6.92. The molecule has 1 N–H and O–H groups in total. The summed E-state index contributed by atoms with van der Waals surface area (Å²) in [7, 11) is -3.85. The Kier molecular flexibility index (Phi) is 6.67. The van der Waals surface area contributed by atoms with Crippen LogP contribution in [-0.4, -0.2) is 25.9 Å². The Morgan fingerprint density at radius 2 is 1.91 bits per heavy atom. The molecule has 1 amide bonds. The first-order valence-corrected chi connectivity index (χ1v) is 12.1. The Morgan fingerprint density at radius 3 is 2.64 bits per heavy atom. The topological polar surface area (TPSA) is 98.5 Å². The molecule has 9 heteroatoms. The molecule has 7 nitrogen and oxygen atoms in total. The summed E-state index contributed by atoms with van der Waals surface area (Å²) < 4.78 is 37.5. The van der Waals surface area contributed by atoms with Crippen LogP contribution in [0.4, 0.5) is 0 Å². The zero-order valence-electron chi connectivity index (χ0n) is 17.7. The van der Waals surface area contributed by atoms with E-state index in [9.17, 15) is 13.2 Å². The molecule has 170 valence electrons. The highest BCUT2D eigenvalue weighted by atomic mass is 35.5. The Balaban J connectivity index is 1.48. The van der Waals surface area contributed by atoms with Crippen molar-refractivity contribution in [3.63, 3.8) is 0 Å².